The summed E-state index contributed by atoms with van der Waals surface area (Å²) in [7, 11) is 0. The number of hydrogen-bond donors (Lipinski definition) is 0. The number of azo groups is 2. The third kappa shape index (κ3) is 9.99. The second-order valence-electron chi connectivity index (χ2n) is 19.8. The molecular formula is C54H58N4O2. The molecule has 0 saturated heterocycles. The highest BCUT2D eigenvalue weighted by Gasteiger charge is 2.35. The summed E-state index contributed by atoms with van der Waals surface area (Å²) >= 11 is 0. The van der Waals surface area contributed by atoms with Crippen molar-refractivity contribution in [3.8, 4) is 33.4 Å². The molecule has 0 unspecified atom stereocenters. The van der Waals surface area contributed by atoms with Crippen LogP contribution in [0.4, 0.5) is 11.4 Å². The van der Waals surface area contributed by atoms with Crippen LogP contribution in [0.2, 0.25) is 0 Å². The van der Waals surface area contributed by atoms with Gasteiger partial charge in [-0.1, -0.05) is 156 Å². The van der Waals surface area contributed by atoms with Gasteiger partial charge >= 0.3 is 0 Å². The molecule has 6 rings (SSSR count). The average molecular weight is 795 g/mol. The summed E-state index contributed by atoms with van der Waals surface area (Å²) in [4.78, 5) is 26.9. The summed E-state index contributed by atoms with van der Waals surface area (Å²) in [6.07, 6.45) is 11.3. The Morgan fingerprint density at radius 1 is 0.400 bits per heavy atom. The zero-order valence-electron chi connectivity index (χ0n) is 37.3. The predicted molar refractivity (Wildman–Crippen MR) is 248 cm³/mol. The van der Waals surface area contributed by atoms with Crippen molar-refractivity contribution in [3.05, 3.63) is 167 Å². The molecule has 0 N–H and O–H groups in total. The second-order valence-corrected chi connectivity index (χ2v) is 19.8. The Morgan fingerprint density at radius 2 is 0.750 bits per heavy atom. The molecule has 0 heterocycles. The third-order valence-electron chi connectivity index (χ3n) is 10.7. The molecule has 0 saturated carbocycles. The molecule has 0 atom stereocenters. The Balaban J connectivity index is 1.41. The smallest absolute Gasteiger partial charge is 0.186 e. The van der Waals surface area contributed by atoms with Crippen molar-refractivity contribution in [1.82, 2.24) is 0 Å². The van der Waals surface area contributed by atoms with Gasteiger partial charge in [0.15, 0.2) is 11.6 Å². The third-order valence-corrected chi connectivity index (χ3v) is 10.7. The van der Waals surface area contributed by atoms with Gasteiger partial charge in [0.05, 0.1) is 23.8 Å². The highest BCUT2D eigenvalue weighted by Crippen LogP contribution is 2.44. The summed E-state index contributed by atoms with van der Waals surface area (Å²) in [6.45, 7) is 24.8. The molecule has 6 nitrogen and oxygen atoms in total. The molecule has 4 aromatic carbocycles. The van der Waals surface area contributed by atoms with E-state index in [1.54, 1.807) is 12.4 Å². The fourth-order valence-electron chi connectivity index (χ4n) is 7.32. The lowest BCUT2D eigenvalue weighted by molar-refractivity contribution is -0.114. The first-order chi connectivity index (χ1) is 28.1. The van der Waals surface area contributed by atoms with Crippen LogP contribution in [-0.2, 0) is 9.59 Å². The Kier molecular flexibility index (Phi) is 12.2. The number of carbonyl (C=O) groups is 2. The summed E-state index contributed by atoms with van der Waals surface area (Å²) in [6, 6.07) is 32.9. The van der Waals surface area contributed by atoms with Gasteiger partial charge in [0, 0.05) is 27.9 Å². The lowest BCUT2D eigenvalue weighted by Gasteiger charge is -2.31. The van der Waals surface area contributed by atoms with Crippen LogP contribution in [0, 0.1) is 21.7 Å². The first kappa shape index (κ1) is 43.4. The molecule has 306 valence electrons. The van der Waals surface area contributed by atoms with Gasteiger partial charge in [0.25, 0.3) is 0 Å². The van der Waals surface area contributed by atoms with Crippen molar-refractivity contribution in [2.45, 2.75) is 83.1 Å². The Labute approximate surface area is 357 Å². The number of benzene rings is 4. The molecule has 60 heavy (non-hydrogen) atoms. The fourth-order valence-corrected chi connectivity index (χ4v) is 7.32. The average Bonchev–Trinajstić information content (AvgIpc) is 3.18. The number of allylic oxidation sites excluding steroid dienone is 10. The number of nitrogens with zero attached hydrogens (tertiary/aromatic N) is 4. The van der Waals surface area contributed by atoms with Gasteiger partial charge in [-0.25, -0.2) is 0 Å². The molecule has 2 aliphatic carbocycles. The van der Waals surface area contributed by atoms with Crippen molar-refractivity contribution in [3.63, 3.8) is 0 Å². The first-order valence-electron chi connectivity index (χ1n) is 20.7. The number of hydrogen-bond acceptors (Lipinski definition) is 6. The van der Waals surface area contributed by atoms with Gasteiger partial charge in [-0.3, -0.25) is 9.59 Å². The maximum Gasteiger partial charge on any atom is 0.186 e. The van der Waals surface area contributed by atoms with Crippen LogP contribution in [0.5, 0.6) is 0 Å². The highest BCUT2D eigenvalue weighted by atomic mass is 16.1. The molecular weight excluding hydrogens is 737 g/mol. The summed E-state index contributed by atoms with van der Waals surface area (Å²) in [5.41, 5.74) is 11.0. The topological polar surface area (TPSA) is 83.6 Å². The minimum absolute atomic E-state index is 0.0874. The fraction of sp³-hybridized carbons (Fsp3) is 0.296. The predicted octanol–water partition coefficient (Wildman–Crippen LogP) is 15.7. The molecule has 4 aromatic rings. The molecule has 0 spiro atoms. The monoisotopic (exact) mass is 794 g/mol. The zero-order chi connectivity index (χ0) is 43.6. The van der Waals surface area contributed by atoms with Crippen LogP contribution in [0.25, 0.3) is 33.4 Å². The van der Waals surface area contributed by atoms with Gasteiger partial charge in [-0.2, -0.15) is 20.5 Å². The molecule has 0 aliphatic heterocycles. The molecule has 0 radical (unpaired) electrons. The maximum atomic E-state index is 13.5. The molecule has 2 aliphatic rings. The Bertz CT molecular complexity index is 2480. The van der Waals surface area contributed by atoms with E-state index in [9.17, 15) is 9.59 Å². The van der Waals surface area contributed by atoms with E-state index in [2.05, 4.69) is 147 Å². The standard InChI is InChI=1S/C54H58N4O2/c1-51(2,3)44-27-35(28-45(49(44)59)52(4,5)6)33-55-57-40-25-23-39(24-26-40)41-31-43(38-21-17-14-18-22-38)48(32-42(41)37-19-15-13-16-20-37)58-56-34-36-29-46(53(7,8)9)50(60)47(30-36)54(10,11)12/h13-34H,1-12H3/b57-55+,58-56+. The van der Waals surface area contributed by atoms with Crippen molar-refractivity contribution in [2.75, 3.05) is 0 Å². The number of ketones is 2. The van der Waals surface area contributed by atoms with E-state index >= 15 is 0 Å². The van der Waals surface area contributed by atoms with Crippen LogP contribution in [0.3, 0.4) is 0 Å². The van der Waals surface area contributed by atoms with E-state index < -0.39 is 0 Å². The van der Waals surface area contributed by atoms with Gasteiger partial charge in [0.2, 0.25) is 0 Å². The number of carbonyl (C=O) groups excluding carboxylic acids is 2. The molecule has 0 bridgehead atoms. The summed E-state index contributed by atoms with van der Waals surface area (Å²) < 4.78 is 0. The minimum Gasteiger partial charge on any atom is -0.289 e. The van der Waals surface area contributed by atoms with E-state index in [1.165, 1.54) is 0 Å². The van der Waals surface area contributed by atoms with Crippen molar-refractivity contribution in [1.29, 1.82) is 0 Å². The molecule has 6 heteroatoms. The lowest BCUT2D eigenvalue weighted by Crippen LogP contribution is -2.27. The normalized spacial score (nSPS) is 15.6. The quantitative estimate of drug-likeness (QED) is 0.175. The Hall–Kier alpha value is -6.14. The summed E-state index contributed by atoms with van der Waals surface area (Å²) in [5, 5.41) is 18.5. The second kappa shape index (κ2) is 16.8. The Morgan fingerprint density at radius 3 is 1.15 bits per heavy atom. The van der Waals surface area contributed by atoms with Crippen molar-refractivity contribution in [2.24, 2.45) is 42.1 Å². The van der Waals surface area contributed by atoms with Crippen molar-refractivity contribution >= 4 is 22.9 Å². The SMILES string of the molecule is CC(C)(C)C1=CC(=C/N=N/c2ccc(-c3cc(-c4ccccc4)c(/N=N/C=C4C=C(C(C)(C)C)C(=O)C(C(C)(C)C)=C4)cc3-c3ccccc3)cc2)C=C(C(C)(C)C)C1=O. The molecule has 0 aromatic heterocycles. The maximum absolute atomic E-state index is 13.5. The lowest BCUT2D eigenvalue weighted by atomic mass is 9.72. The van der Waals surface area contributed by atoms with Crippen LogP contribution < -0.4 is 0 Å². The minimum atomic E-state index is -0.322. The van der Waals surface area contributed by atoms with Gasteiger partial charge in [0.1, 0.15) is 0 Å². The number of rotatable bonds is 7. The van der Waals surface area contributed by atoms with Gasteiger partial charge in [-0.15, -0.1) is 0 Å². The van der Waals surface area contributed by atoms with Crippen LogP contribution in [-0.4, -0.2) is 11.6 Å². The van der Waals surface area contributed by atoms with Crippen molar-refractivity contribution < 1.29 is 9.59 Å². The van der Waals surface area contributed by atoms with Crippen LogP contribution in [0.15, 0.2) is 188 Å². The van der Waals surface area contributed by atoms with E-state index in [0.29, 0.717) is 5.69 Å². The van der Waals surface area contributed by atoms with Gasteiger partial charge < -0.3 is 0 Å². The van der Waals surface area contributed by atoms with Crippen LogP contribution >= 0.6 is 0 Å². The number of Topliss-reactive ketones (excluding diaryl/α,β-unsaturated/α-hetero) is 2. The first-order valence-corrected chi connectivity index (χ1v) is 20.7. The van der Waals surface area contributed by atoms with Gasteiger partial charge in [-0.05, 0) is 109 Å². The highest BCUT2D eigenvalue weighted by molar-refractivity contribution is 6.12. The van der Waals surface area contributed by atoms with E-state index in [-0.39, 0.29) is 33.2 Å². The largest absolute Gasteiger partial charge is 0.289 e. The zero-order valence-corrected chi connectivity index (χ0v) is 37.3. The molecule has 0 fully saturated rings. The van der Waals surface area contributed by atoms with Crippen LogP contribution in [0.1, 0.15) is 83.1 Å². The van der Waals surface area contributed by atoms with E-state index in [4.69, 9.17) is 5.11 Å². The van der Waals surface area contributed by atoms with E-state index in [1.807, 2.05) is 72.8 Å². The summed E-state index contributed by atoms with van der Waals surface area (Å²) in [5.74, 6) is 0.181. The molecule has 0 amide bonds. The van der Waals surface area contributed by atoms with E-state index in [0.717, 1.165) is 72.5 Å².